The largest absolute Gasteiger partial charge is 0.393 e. The second-order valence-corrected chi connectivity index (χ2v) is 2.49. The van der Waals surface area contributed by atoms with Gasteiger partial charge < -0.3 is 9.84 Å². The van der Waals surface area contributed by atoms with Gasteiger partial charge in [-0.3, -0.25) is 0 Å². The Bertz CT molecular complexity index is 136. The fourth-order valence-corrected chi connectivity index (χ4v) is 0.938. The van der Waals surface area contributed by atoms with Gasteiger partial charge in [0.1, 0.15) is 5.60 Å². The van der Waals surface area contributed by atoms with Gasteiger partial charge in [-0.2, -0.15) is 0 Å². The molecule has 1 atom stereocenters. The topological polar surface area (TPSA) is 29.5 Å². The first kappa shape index (κ1) is 6.78. The Kier molecular flexibility index (Phi) is 1.60. The molecular formula is C7H12O2. The lowest BCUT2D eigenvalue weighted by molar-refractivity contribution is -0.0984. The Morgan fingerprint density at radius 1 is 1.89 bits per heavy atom. The monoisotopic (exact) mass is 128 g/mol. The van der Waals surface area contributed by atoms with Crippen molar-refractivity contribution in [2.75, 3.05) is 13.2 Å². The number of rotatable bonds is 1. The van der Waals surface area contributed by atoms with E-state index in [1.54, 1.807) is 0 Å². The molecule has 0 saturated carbocycles. The molecule has 1 heterocycles. The molecule has 0 amide bonds. The molecule has 1 unspecified atom stereocenters. The summed E-state index contributed by atoms with van der Waals surface area (Å²) in [5.41, 5.74) is 0.847. The highest BCUT2D eigenvalue weighted by Gasteiger charge is 2.37. The third-order valence-electron chi connectivity index (χ3n) is 1.88. The van der Waals surface area contributed by atoms with E-state index in [-0.39, 0.29) is 12.2 Å². The van der Waals surface area contributed by atoms with Crippen LogP contribution >= 0.6 is 0 Å². The molecule has 1 rings (SSSR count). The van der Waals surface area contributed by atoms with Crippen molar-refractivity contribution in [3.05, 3.63) is 11.6 Å². The minimum Gasteiger partial charge on any atom is -0.393 e. The molecule has 0 radical (unpaired) electrons. The summed E-state index contributed by atoms with van der Waals surface area (Å²) >= 11 is 0. The Hall–Kier alpha value is -0.340. The summed E-state index contributed by atoms with van der Waals surface area (Å²) < 4.78 is 5.15. The van der Waals surface area contributed by atoms with Crippen LogP contribution in [0.4, 0.5) is 0 Å². The van der Waals surface area contributed by atoms with E-state index in [0.29, 0.717) is 6.61 Å². The Balaban J connectivity index is 2.62. The van der Waals surface area contributed by atoms with Gasteiger partial charge in [-0.05, 0) is 19.4 Å². The molecule has 0 spiro atoms. The molecule has 2 heteroatoms. The quantitative estimate of drug-likeness (QED) is 0.527. The maximum absolute atomic E-state index is 8.78. The maximum atomic E-state index is 8.78. The molecule has 9 heavy (non-hydrogen) atoms. The third kappa shape index (κ3) is 0.884. The summed E-state index contributed by atoms with van der Waals surface area (Å²) in [5.74, 6) is 0. The van der Waals surface area contributed by atoms with Gasteiger partial charge in [-0.25, -0.2) is 0 Å². The number of aliphatic hydroxyl groups excluding tert-OH is 1. The predicted molar refractivity (Wildman–Crippen MR) is 35.2 cm³/mol. The highest BCUT2D eigenvalue weighted by molar-refractivity contribution is 5.22. The van der Waals surface area contributed by atoms with Gasteiger partial charge in [0, 0.05) is 0 Å². The molecule has 2 nitrogen and oxygen atoms in total. The molecule has 1 N–H and O–H groups in total. The first-order valence-corrected chi connectivity index (χ1v) is 3.13. The molecule has 0 bridgehead atoms. The van der Waals surface area contributed by atoms with Crippen molar-refractivity contribution in [1.82, 2.24) is 0 Å². The maximum Gasteiger partial charge on any atom is 0.112 e. The van der Waals surface area contributed by atoms with Gasteiger partial charge in [0.2, 0.25) is 0 Å². The second kappa shape index (κ2) is 2.12. The molecule has 1 fully saturated rings. The molecular weight excluding hydrogens is 116 g/mol. The van der Waals surface area contributed by atoms with Gasteiger partial charge in [0.05, 0.1) is 13.2 Å². The average molecular weight is 128 g/mol. The van der Waals surface area contributed by atoms with Crippen molar-refractivity contribution in [3.63, 3.8) is 0 Å². The fraction of sp³-hybridized carbons (Fsp3) is 0.714. The van der Waals surface area contributed by atoms with Crippen LogP contribution in [0.2, 0.25) is 0 Å². The van der Waals surface area contributed by atoms with Crippen LogP contribution in [0.5, 0.6) is 0 Å². The van der Waals surface area contributed by atoms with E-state index in [0.717, 1.165) is 0 Å². The van der Waals surface area contributed by atoms with Crippen molar-refractivity contribution in [3.8, 4) is 0 Å². The van der Waals surface area contributed by atoms with Crippen LogP contribution < -0.4 is 0 Å². The van der Waals surface area contributed by atoms with E-state index < -0.39 is 0 Å². The zero-order valence-corrected chi connectivity index (χ0v) is 5.85. The molecule has 1 aliphatic heterocycles. The van der Waals surface area contributed by atoms with Gasteiger partial charge in [0.25, 0.3) is 0 Å². The Labute approximate surface area is 55.1 Å². The van der Waals surface area contributed by atoms with E-state index in [9.17, 15) is 0 Å². The summed E-state index contributed by atoms with van der Waals surface area (Å²) in [6.45, 7) is 4.64. The van der Waals surface area contributed by atoms with Crippen molar-refractivity contribution in [2.24, 2.45) is 0 Å². The first-order valence-electron chi connectivity index (χ1n) is 3.13. The van der Waals surface area contributed by atoms with Crippen molar-refractivity contribution in [2.45, 2.75) is 19.4 Å². The zero-order valence-electron chi connectivity index (χ0n) is 5.85. The lowest BCUT2D eigenvalue weighted by Crippen LogP contribution is -2.46. The molecule has 0 aromatic rings. The van der Waals surface area contributed by atoms with Gasteiger partial charge in [-0.15, -0.1) is 0 Å². The summed E-state index contributed by atoms with van der Waals surface area (Å²) in [5, 5.41) is 8.78. The number of hydrogen-bond donors (Lipinski definition) is 1. The number of hydrogen-bond acceptors (Lipinski definition) is 2. The number of aliphatic hydroxyl groups is 1. The smallest absolute Gasteiger partial charge is 0.112 e. The molecule has 1 aliphatic rings. The number of ether oxygens (including phenoxy) is 1. The van der Waals surface area contributed by atoms with E-state index >= 15 is 0 Å². The molecule has 0 aromatic carbocycles. The molecule has 52 valence electrons. The lowest BCUT2D eigenvalue weighted by Gasteiger charge is -2.40. The lowest BCUT2D eigenvalue weighted by atomic mass is 9.91. The highest BCUT2D eigenvalue weighted by atomic mass is 16.5. The second-order valence-electron chi connectivity index (χ2n) is 2.49. The fourth-order valence-electron chi connectivity index (χ4n) is 0.938. The van der Waals surface area contributed by atoms with Crippen LogP contribution in [0.25, 0.3) is 0 Å². The van der Waals surface area contributed by atoms with E-state index in [4.69, 9.17) is 9.84 Å². The van der Waals surface area contributed by atoms with Crippen molar-refractivity contribution >= 4 is 0 Å². The summed E-state index contributed by atoms with van der Waals surface area (Å²) in [4.78, 5) is 0. The van der Waals surface area contributed by atoms with E-state index in [1.807, 2.05) is 19.9 Å². The molecule has 0 aromatic heterocycles. The van der Waals surface area contributed by atoms with Gasteiger partial charge in [0.15, 0.2) is 0 Å². The predicted octanol–water partition coefficient (Wildman–Crippen LogP) is 0.714. The highest BCUT2D eigenvalue weighted by Crippen LogP contribution is 2.30. The Morgan fingerprint density at radius 2 is 2.56 bits per heavy atom. The third-order valence-corrected chi connectivity index (χ3v) is 1.88. The average Bonchev–Trinajstić information content (AvgIpc) is 1.85. The van der Waals surface area contributed by atoms with Crippen LogP contribution in [0.15, 0.2) is 11.6 Å². The van der Waals surface area contributed by atoms with E-state index in [1.165, 1.54) is 5.57 Å². The van der Waals surface area contributed by atoms with Crippen LogP contribution in [0.1, 0.15) is 13.8 Å². The van der Waals surface area contributed by atoms with Crippen molar-refractivity contribution < 1.29 is 9.84 Å². The van der Waals surface area contributed by atoms with Gasteiger partial charge in [-0.1, -0.05) is 6.08 Å². The summed E-state index contributed by atoms with van der Waals surface area (Å²) in [6, 6.07) is 0. The molecule has 0 aliphatic carbocycles. The SMILES string of the molecule is CC=C1COC1(C)CO. The minimum absolute atomic E-state index is 0.0900. The standard InChI is InChI=1S/C7H12O2/c1-3-6-4-9-7(6,2)5-8/h3,8H,4-5H2,1-2H3. The van der Waals surface area contributed by atoms with Crippen LogP contribution in [-0.4, -0.2) is 23.9 Å². The first-order chi connectivity index (χ1) is 4.23. The zero-order chi connectivity index (χ0) is 6.91. The number of allylic oxidation sites excluding steroid dienone is 1. The summed E-state index contributed by atoms with van der Waals surface area (Å²) in [6.07, 6.45) is 2.00. The summed E-state index contributed by atoms with van der Waals surface area (Å²) in [7, 11) is 0. The minimum atomic E-state index is -0.352. The van der Waals surface area contributed by atoms with Crippen molar-refractivity contribution in [1.29, 1.82) is 0 Å². The van der Waals surface area contributed by atoms with E-state index in [2.05, 4.69) is 0 Å². The van der Waals surface area contributed by atoms with Crippen LogP contribution in [0, 0.1) is 0 Å². The van der Waals surface area contributed by atoms with Gasteiger partial charge >= 0.3 is 0 Å². The van der Waals surface area contributed by atoms with Crippen LogP contribution in [-0.2, 0) is 4.74 Å². The molecule has 1 saturated heterocycles. The normalized spacial score (nSPS) is 38.8. The Morgan fingerprint density at radius 3 is 2.67 bits per heavy atom. The van der Waals surface area contributed by atoms with Crippen LogP contribution in [0.3, 0.4) is 0 Å².